The van der Waals surface area contributed by atoms with Gasteiger partial charge in [0.25, 0.3) is 0 Å². The molecule has 0 radical (unpaired) electrons. The summed E-state index contributed by atoms with van der Waals surface area (Å²) in [6.45, 7) is 4.60. The van der Waals surface area contributed by atoms with Crippen molar-refractivity contribution in [3.05, 3.63) is 0 Å². The van der Waals surface area contributed by atoms with E-state index in [-0.39, 0.29) is 0 Å². The molecule has 13 heavy (non-hydrogen) atoms. The van der Waals surface area contributed by atoms with E-state index in [0.717, 1.165) is 16.7 Å². The van der Waals surface area contributed by atoms with Gasteiger partial charge in [0, 0.05) is 4.83 Å². The zero-order chi connectivity index (χ0) is 9.68. The number of alkyl halides is 1. The van der Waals surface area contributed by atoms with Crippen LogP contribution in [0.25, 0.3) is 0 Å². The van der Waals surface area contributed by atoms with Crippen LogP contribution in [0.3, 0.4) is 0 Å². The largest absolute Gasteiger partial charge is 0.0888 e. The molecule has 1 unspecified atom stereocenters. The zero-order valence-electron chi connectivity index (χ0n) is 9.06. The molecule has 1 aliphatic rings. The van der Waals surface area contributed by atoms with E-state index in [9.17, 15) is 0 Å². The molecule has 1 fully saturated rings. The van der Waals surface area contributed by atoms with E-state index in [0.29, 0.717) is 0 Å². The van der Waals surface area contributed by atoms with Gasteiger partial charge in [0.2, 0.25) is 0 Å². The molecule has 1 saturated carbocycles. The van der Waals surface area contributed by atoms with Crippen molar-refractivity contribution >= 4 is 15.9 Å². The van der Waals surface area contributed by atoms with Crippen LogP contribution in [-0.2, 0) is 0 Å². The summed E-state index contributed by atoms with van der Waals surface area (Å²) in [5.41, 5.74) is 0. The van der Waals surface area contributed by atoms with Crippen molar-refractivity contribution in [2.45, 2.75) is 63.6 Å². The van der Waals surface area contributed by atoms with Crippen molar-refractivity contribution in [3.8, 4) is 0 Å². The van der Waals surface area contributed by atoms with E-state index < -0.39 is 0 Å². The molecule has 1 aliphatic carbocycles. The summed E-state index contributed by atoms with van der Waals surface area (Å²) in [5.74, 6) is 2.02. The van der Waals surface area contributed by atoms with Gasteiger partial charge in [0.1, 0.15) is 0 Å². The predicted molar refractivity (Wildman–Crippen MR) is 63.4 cm³/mol. The molecule has 0 nitrogen and oxygen atoms in total. The maximum Gasteiger partial charge on any atom is 0.0171 e. The molecular weight excluding hydrogens is 224 g/mol. The third-order valence-electron chi connectivity index (χ3n) is 3.49. The van der Waals surface area contributed by atoms with Crippen LogP contribution >= 0.6 is 15.9 Å². The molecule has 0 heterocycles. The van der Waals surface area contributed by atoms with Crippen LogP contribution < -0.4 is 0 Å². The minimum Gasteiger partial charge on any atom is -0.0888 e. The number of rotatable bonds is 4. The van der Waals surface area contributed by atoms with Crippen LogP contribution in [0.15, 0.2) is 0 Å². The summed E-state index contributed by atoms with van der Waals surface area (Å²) in [6, 6.07) is 0. The lowest BCUT2D eigenvalue weighted by Crippen LogP contribution is -2.21. The van der Waals surface area contributed by atoms with Gasteiger partial charge in [-0.25, -0.2) is 0 Å². The third-order valence-corrected chi connectivity index (χ3v) is 4.88. The van der Waals surface area contributed by atoms with Gasteiger partial charge in [0.15, 0.2) is 0 Å². The van der Waals surface area contributed by atoms with Crippen molar-refractivity contribution in [2.24, 2.45) is 11.8 Å². The van der Waals surface area contributed by atoms with E-state index in [2.05, 4.69) is 29.8 Å². The van der Waals surface area contributed by atoms with E-state index in [4.69, 9.17) is 0 Å². The molecule has 0 bridgehead atoms. The lowest BCUT2D eigenvalue weighted by Gasteiger charge is -2.30. The van der Waals surface area contributed by atoms with Crippen LogP contribution in [0.5, 0.6) is 0 Å². The Morgan fingerprint density at radius 3 is 2.23 bits per heavy atom. The van der Waals surface area contributed by atoms with Gasteiger partial charge in [-0.15, -0.1) is 0 Å². The molecule has 0 N–H and O–H groups in total. The quantitative estimate of drug-likeness (QED) is 0.628. The molecule has 1 rings (SSSR count). The van der Waals surface area contributed by atoms with Gasteiger partial charge in [-0.05, 0) is 31.1 Å². The first-order valence-corrected chi connectivity index (χ1v) is 6.83. The third kappa shape index (κ3) is 3.61. The molecule has 0 saturated heterocycles. The highest BCUT2D eigenvalue weighted by Crippen LogP contribution is 2.36. The second kappa shape index (κ2) is 6.06. The first kappa shape index (κ1) is 11.6. The van der Waals surface area contributed by atoms with Gasteiger partial charge in [-0.2, -0.15) is 0 Å². The minimum atomic E-state index is 0.787. The van der Waals surface area contributed by atoms with E-state index in [1.54, 1.807) is 0 Å². The Bertz CT molecular complexity index is 125. The monoisotopic (exact) mass is 246 g/mol. The Balaban J connectivity index is 2.22. The Kier molecular flexibility index (Phi) is 5.38. The lowest BCUT2D eigenvalue weighted by molar-refractivity contribution is 0.257. The van der Waals surface area contributed by atoms with Gasteiger partial charge in [-0.1, -0.05) is 55.5 Å². The van der Waals surface area contributed by atoms with Gasteiger partial charge >= 0.3 is 0 Å². The average Bonchev–Trinajstić information content (AvgIpc) is 2.18. The fraction of sp³-hybridized carbons (Fsp3) is 1.00. The van der Waals surface area contributed by atoms with Crippen LogP contribution in [0, 0.1) is 11.8 Å². The molecule has 0 aromatic rings. The first-order chi connectivity index (χ1) is 6.27. The molecule has 1 atom stereocenters. The summed E-state index contributed by atoms with van der Waals surface area (Å²) in [4.78, 5) is 0.787. The van der Waals surface area contributed by atoms with Crippen molar-refractivity contribution < 1.29 is 0 Å². The summed E-state index contributed by atoms with van der Waals surface area (Å²) in [5, 5.41) is 0. The number of hydrogen-bond acceptors (Lipinski definition) is 0. The second-order valence-electron chi connectivity index (χ2n) is 4.49. The molecule has 0 amide bonds. The normalized spacial score (nSPS) is 31.6. The maximum atomic E-state index is 3.80. The molecule has 78 valence electrons. The Hall–Kier alpha value is 0.480. The Morgan fingerprint density at radius 1 is 1.15 bits per heavy atom. The van der Waals surface area contributed by atoms with Gasteiger partial charge in [-0.3, -0.25) is 0 Å². The first-order valence-electron chi connectivity index (χ1n) is 5.92. The van der Waals surface area contributed by atoms with E-state index in [1.165, 1.54) is 44.9 Å². The van der Waals surface area contributed by atoms with Crippen LogP contribution in [0.1, 0.15) is 58.8 Å². The maximum absolute atomic E-state index is 3.80. The fourth-order valence-corrected chi connectivity index (χ4v) is 3.11. The Labute approximate surface area is 91.6 Å². The number of hydrogen-bond donors (Lipinski definition) is 0. The van der Waals surface area contributed by atoms with Gasteiger partial charge in [0.05, 0.1) is 0 Å². The van der Waals surface area contributed by atoms with Gasteiger partial charge < -0.3 is 0 Å². The topological polar surface area (TPSA) is 0 Å². The molecule has 1 heteroatoms. The molecule has 0 aromatic carbocycles. The molecule has 0 aliphatic heterocycles. The second-order valence-corrected chi connectivity index (χ2v) is 5.67. The SMILES string of the molecule is CCCC1CCC(C(Br)CC)CC1. The molecule has 0 spiro atoms. The van der Waals surface area contributed by atoms with E-state index in [1.807, 2.05) is 0 Å². The average molecular weight is 247 g/mol. The van der Waals surface area contributed by atoms with Crippen LogP contribution in [0.2, 0.25) is 0 Å². The summed E-state index contributed by atoms with van der Waals surface area (Å²) in [7, 11) is 0. The van der Waals surface area contributed by atoms with Crippen molar-refractivity contribution in [2.75, 3.05) is 0 Å². The zero-order valence-corrected chi connectivity index (χ0v) is 10.6. The Morgan fingerprint density at radius 2 is 1.77 bits per heavy atom. The van der Waals surface area contributed by atoms with E-state index >= 15 is 0 Å². The lowest BCUT2D eigenvalue weighted by atomic mass is 9.78. The summed E-state index contributed by atoms with van der Waals surface area (Å²) >= 11 is 3.80. The van der Waals surface area contributed by atoms with Crippen LogP contribution in [0.4, 0.5) is 0 Å². The molecular formula is C12H23Br. The van der Waals surface area contributed by atoms with Crippen molar-refractivity contribution in [3.63, 3.8) is 0 Å². The standard InChI is InChI=1S/C12H23Br/c1-3-5-10-6-8-11(9-7-10)12(13)4-2/h10-12H,3-9H2,1-2H3. The summed E-state index contributed by atoms with van der Waals surface area (Å²) in [6.07, 6.45) is 10.0. The fourth-order valence-electron chi connectivity index (χ4n) is 2.58. The highest BCUT2D eigenvalue weighted by atomic mass is 79.9. The smallest absolute Gasteiger partial charge is 0.0171 e. The van der Waals surface area contributed by atoms with Crippen molar-refractivity contribution in [1.82, 2.24) is 0 Å². The minimum absolute atomic E-state index is 0.787. The summed E-state index contributed by atoms with van der Waals surface area (Å²) < 4.78 is 0. The highest BCUT2D eigenvalue weighted by molar-refractivity contribution is 9.09. The highest BCUT2D eigenvalue weighted by Gasteiger charge is 2.24. The van der Waals surface area contributed by atoms with Crippen LogP contribution in [-0.4, -0.2) is 4.83 Å². The van der Waals surface area contributed by atoms with Crippen molar-refractivity contribution in [1.29, 1.82) is 0 Å². The predicted octanol–water partition coefficient (Wildman–Crippen LogP) is 4.77. The number of halogens is 1. The molecule has 0 aromatic heterocycles.